The lowest BCUT2D eigenvalue weighted by Gasteiger charge is -2.03. The SMILES string of the molecule is O=C(O)c1ccccc1SCc1nc2ccccc2o1. The van der Waals surface area contributed by atoms with E-state index in [0.29, 0.717) is 22.1 Å². The van der Waals surface area contributed by atoms with E-state index in [0.717, 1.165) is 11.1 Å². The van der Waals surface area contributed by atoms with Crippen LogP contribution in [0.2, 0.25) is 0 Å². The van der Waals surface area contributed by atoms with Gasteiger partial charge in [0.05, 0.1) is 11.3 Å². The van der Waals surface area contributed by atoms with Crippen molar-refractivity contribution >= 4 is 28.8 Å². The van der Waals surface area contributed by atoms with Gasteiger partial charge in [0.25, 0.3) is 0 Å². The number of benzene rings is 2. The zero-order valence-electron chi connectivity index (χ0n) is 10.4. The quantitative estimate of drug-likeness (QED) is 0.738. The molecular weight excluding hydrogens is 274 g/mol. The van der Waals surface area contributed by atoms with E-state index in [9.17, 15) is 4.79 Å². The van der Waals surface area contributed by atoms with Gasteiger partial charge in [-0.15, -0.1) is 11.8 Å². The molecule has 0 fully saturated rings. The van der Waals surface area contributed by atoms with E-state index in [1.807, 2.05) is 30.3 Å². The van der Waals surface area contributed by atoms with Crippen molar-refractivity contribution in [1.82, 2.24) is 4.98 Å². The summed E-state index contributed by atoms with van der Waals surface area (Å²) in [4.78, 5) is 16.2. The largest absolute Gasteiger partial charge is 0.478 e. The first-order chi connectivity index (χ1) is 9.74. The number of aromatic carboxylic acids is 1. The number of thioether (sulfide) groups is 1. The first kappa shape index (κ1) is 12.7. The summed E-state index contributed by atoms with van der Waals surface area (Å²) in [5.41, 5.74) is 1.86. The highest BCUT2D eigenvalue weighted by Gasteiger charge is 2.11. The smallest absolute Gasteiger partial charge is 0.336 e. The molecule has 0 radical (unpaired) electrons. The zero-order chi connectivity index (χ0) is 13.9. The minimum absolute atomic E-state index is 0.300. The van der Waals surface area contributed by atoms with Crippen LogP contribution in [0.4, 0.5) is 0 Å². The molecule has 3 rings (SSSR count). The number of carbonyl (C=O) groups is 1. The Morgan fingerprint density at radius 3 is 2.70 bits per heavy atom. The molecule has 100 valence electrons. The molecule has 1 N–H and O–H groups in total. The predicted molar refractivity (Wildman–Crippen MR) is 77.0 cm³/mol. The van der Waals surface area contributed by atoms with E-state index < -0.39 is 5.97 Å². The van der Waals surface area contributed by atoms with Crippen molar-refractivity contribution in [2.75, 3.05) is 0 Å². The van der Waals surface area contributed by atoms with Crippen LogP contribution in [-0.4, -0.2) is 16.1 Å². The van der Waals surface area contributed by atoms with Gasteiger partial charge in [0, 0.05) is 4.90 Å². The highest BCUT2D eigenvalue weighted by molar-refractivity contribution is 7.98. The molecule has 0 unspecified atom stereocenters. The van der Waals surface area contributed by atoms with Crippen LogP contribution < -0.4 is 0 Å². The van der Waals surface area contributed by atoms with Gasteiger partial charge in [-0.3, -0.25) is 0 Å². The fraction of sp³-hybridized carbons (Fsp3) is 0.0667. The maximum absolute atomic E-state index is 11.1. The normalized spacial score (nSPS) is 10.8. The summed E-state index contributed by atoms with van der Waals surface area (Å²) in [5, 5.41) is 9.12. The molecule has 0 saturated carbocycles. The fourth-order valence-electron chi connectivity index (χ4n) is 1.89. The van der Waals surface area contributed by atoms with Crippen LogP contribution in [0.1, 0.15) is 16.2 Å². The predicted octanol–water partition coefficient (Wildman–Crippen LogP) is 3.82. The van der Waals surface area contributed by atoms with Gasteiger partial charge in [0.15, 0.2) is 5.58 Å². The molecule has 1 aromatic heterocycles. The molecule has 0 spiro atoms. The molecule has 5 heteroatoms. The van der Waals surface area contributed by atoms with Crippen LogP contribution in [0.3, 0.4) is 0 Å². The molecule has 0 bridgehead atoms. The average Bonchev–Trinajstić information content (AvgIpc) is 2.88. The van der Waals surface area contributed by atoms with Crippen molar-refractivity contribution < 1.29 is 14.3 Å². The van der Waals surface area contributed by atoms with Gasteiger partial charge in [-0.1, -0.05) is 24.3 Å². The Balaban J connectivity index is 1.81. The van der Waals surface area contributed by atoms with E-state index in [1.54, 1.807) is 18.2 Å². The van der Waals surface area contributed by atoms with Crippen molar-refractivity contribution in [1.29, 1.82) is 0 Å². The summed E-state index contributed by atoms with van der Waals surface area (Å²) in [6.07, 6.45) is 0. The maximum Gasteiger partial charge on any atom is 0.336 e. The Morgan fingerprint density at radius 2 is 1.90 bits per heavy atom. The standard InChI is InChI=1S/C15H11NO3S/c17-15(18)10-5-1-4-8-13(10)20-9-14-16-11-6-2-3-7-12(11)19-14/h1-8H,9H2,(H,17,18). The van der Waals surface area contributed by atoms with Gasteiger partial charge in [-0.2, -0.15) is 0 Å². The Hall–Kier alpha value is -2.27. The van der Waals surface area contributed by atoms with E-state index in [-0.39, 0.29) is 0 Å². The molecule has 0 aliphatic rings. The number of carboxylic acids is 1. The number of aromatic nitrogens is 1. The van der Waals surface area contributed by atoms with Crippen molar-refractivity contribution in [3.05, 3.63) is 60.0 Å². The van der Waals surface area contributed by atoms with Crippen molar-refractivity contribution in [2.24, 2.45) is 0 Å². The lowest BCUT2D eigenvalue weighted by Crippen LogP contribution is -1.98. The summed E-state index contributed by atoms with van der Waals surface area (Å²) in [7, 11) is 0. The second-order valence-electron chi connectivity index (χ2n) is 4.17. The molecule has 3 aromatic rings. The summed E-state index contributed by atoms with van der Waals surface area (Å²) < 4.78 is 5.61. The van der Waals surface area contributed by atoms with Crippen molar-refractivity contribution in [2.45, 2.75) is 10.6 Å². The van der Waals surface area contributed by atoms with Crippen LogP contribution in [-0.2, 0) is 5.75 Å². The average molecular weight is 285 g/mol. The van der Waals surface area contributed by atoms with Crippen molar-refractivity contribution in [3.63, 3.8) is 0 Å². The van der Waals surface area contributed by atoms with Gasteiger partial charge in [0.1, 0.15) is 5.52 Å². The first-order valence-electron chi connectivity index (χ1n) is 6.03. The van der Waals surface area contributed by atoms with Crippen LogP contribution in [0.15, 0.2) is 57.8 Å². The summed E-state index contributed by atoms with van der Waals surface area (Å²) >= 11 is 1.41. The number of carboxylic acid groups (broad SMARTS) is 1. The highest BCUT2D eigenvalue weighted by Crippen LogP contribution is 2.27. The number of oxazole rings is 1. The third-order valence-electron chi connectivity index (χ3n) is 2.81. The zero-order valence-corrected chi connectivity index (χ0v) is 11.3. The third kappa shape index (κ3) is 2.53. The van der Waals surface area contributed by atoms with Crippen molar-refractivity contribution in [3.8, 4) is 0 Å². The third-order valence-corrected chi connectivity index (χ3v) is 3.87. The maximum atomic E-state index is 11.1. The highest BCUT2D eigenvalue weighted by atomic mass is 32.2. The summed E-state index contributed by atoms with van der Waals surface area (Å²) in [6.45, 7) is 0. The number of hydrogen-bond acceptors (Lipinski definition) is 4. The van der Waals surface area contributed by atoms with E-state index in [2.05, 4.69) is 4.98 Å². The Bertz CT molecular complexity index is 733. The molecule has 4 nitrogen and oxygen atoms in total. The Labute approximate surface area is 119 Å². The first-order valence-corrected chi connectivity index (χ1v) is 7.02. The van der Waals surface area contributed by atoms with Gasteiger partial charge >= 0.3 is 5.97 Å². The Morgan fingerprint density at radius 1 is 1.15 bits per heavy atom. The van der Waals surface area contributed by atoms with Gasteiger partial charge < -0.3 is 9.52 Å². The summed E-state index contributed by atoms with van der Waals surface area (Å²) in [6, 6.07) is 14.5. The number of nitrogens with zero attached hydrogens (tertiary/aromatic N) is 1. The second kappa shape index (κ2) is 5.38. The summed E-state index contributed by atoms with van der Waals surface area (Å²) in [5.74, 6) is 0.168. The minimum atomic E-state index is -0.925. The Kier molecular flexibility index (Phi) is 3.43. The van der Waals surface area contributed by atoms with E-state index in [4.69, 9.17) is 9.52 Å². The van der Waals surface area contributed by atoms with Crippen LogP contribution in [0, 0.1) is 0 Å². The van der Waals surface area contributed by atoms with Crippen LogP contribution in [0.25, 0.3) is 11.1 Å². The van der Waals surface area contributed by atoms with E-state index in [1.165, 1.54) is 11.8 Å². The number of para-hydroxylation sites is 2. The molecular formula is C15H11NO3S. The number of fused-ring (bicyclic) bond motifs is 1. The number of hydrogen-bond donors (Lipinski definition) is 1. The van der Waals surface area contributed by atoms with Gasteiger partial charge in [0.2, 0.25) is 5.89 Å². The molecule has 0 aliphatic carbocycles. The molecule has 2 aromatic carbocycles. The lowest BCUT2D eigenvalue weighted by molar-refractivity contribution is 0.0693. The lowest BCUT2D eigenvalue weighted by atomic mass is 10.2. The molecule has 20 heavy (non-hydrogen) atoms. The molecule has 0 aliphatic heterocycles. The van der Waals surface area contributed by atoms with Crippen LogP contribution >= 0.6 is 11.8 Å². The number of rotatable bonds is 4. The van der Waals surface area contributed by atoms with E-state index >= 15 is 0 Å². The second-order valence-corrected chi connectivity index (χ2v) is 5.18. The topological polar surface area (TPSA) is 63.3 Å². The van der Waals surface area contributed by atoms with Gasteiger partial charge in [-0.25, -0.2) is 9.78 Å². The monoisotopic (exact) mass is 285 g/mol. The minimum Gasteiger partial charge on any atom is -0.478 e. The molecule has 1 heterocycles. The van der Waals surface area contributed by atoms with Crippen LogP contribution in [0.5, 0.6) is 0 Å². The molecule has 0 amide bonds. The molecule has 0 atom stereocenters. The fourth-order valence-corrected chi connectivity index (χ4v) is 2.78. The van der Waals surface area contributed by atoms with Gasteiger partial charge in [-0.05, 0) is 24.3 Å². The molecule has 0 saturated heterocycles.